The highest BCUT2D eigenvalue weighted by atomic mass is 16.5. The highest BCUT2D eigenvalue weighted by molar-refractivity contribution is 5.97. The highest BCUT2D eigenvalue weighted by Gasteiger charge is 2.16. The molecule has 0 aliphatic carbocycles. The third kappa shape index (κ3) is 0.969. The summed E-state index contributed by atoms with van der Waals surface area (Å²) >= 11 is 0. The molecule has 5 heteroatoms. The van der Waals surface area contributed by atoms with Gasteiger partial charge in [-0.2, -0.15) is 0 Å². The second-order valence-electron chi connectivity index (χ2n) is 3.20. The van der Waals surface area contributed by atoms with E-state index in [0.29, 0.717) is 20.3 Å². The van der Waals surface area contributed by atoms with Crippen LogP contribution in [0, 0.1) is 10.1 Å². The lowest BCUT2D eigenvalue weighted by Gasteiger charge is -2.08. The Morgan fingerprint density at radius 3 is 2.93 bits per heavy atom. The van der Waals surface area contributed by atoms with Gasteiger partial charge < -0.3 is 14.4 Å². The Hall–Kier alpha value is -2.30. The third-order valence-corrected chi connectivity index (χ3v) is 2.29. The molecule has 0 radical (unpaired) electrons. The largest absolute Gasteiger partial charge is 0.805 e. The highest BCUT2D eigenvalue weighted by Crippen LogP contribution is 2.24. The van der Waals surface area contributed by atoms with Crippen molar-refractivity contribution >= 4 is 22.2 Å². The van der Waals surface area contributed by atoms with E-state index in [9.17, 15) is 10.1 Å². The van der Waals surface area contributed by atoms with Crippen molar-refractivity contribution in [2.24, 2.45) is 0 Å². The van der Waals surface area contributed by atoms with Crippen LogP contribution >= 0.6 is 0 Å². The molecule has 0 saturated heterocycles. The van der Waals surface area contributed by atoms with Gasteiger partial charge in [0.05, 0.1) is 4.43 Å². The van der Waals surface area contributed by atoms with E-state index in [0.717, 1.165) is 0 Å². The van der Waals surface area contributed by atoms with Crippen LogP contribution in [0.3, 0.4) is 0 Å². The molecule has 0 aromatic carbocycles. The molecule has 0 aliphatic heterocycles. The van der Waals surface area contributed by atoms with Crippen LogP contribution in [-0.4, -0.2) is 4.73 Å². The monoisotopic (exact) mass is 202 g/mol. The predicted molar refractivity (Wildman–Crippen MR) is 53.8 cm³/mol. The molecule has 0 saturated carbocycles. The van der Waals surface area contributed by atoms with Crippen molar-refractivity contribution in [3.8, 4) is 0 Å². The molecule has 3 aromatic rings. The molecule has 3 aromatic heterocycles. The van der Waals surface area contributed by atoms with Crippen LogP contribution in [0.25, 0.3) is 22.2 Å². The zero-order valence-electron chi connectivity index (χ0n) is 7.58. The van der Waals surface area contributed by atoms with E-state index in [4.69, 9.17) is 4.42 Å². The van der Waals surface area contributed by atoms with Crippen LogP contribution in [0.5, 0.6) is 0 Å². The average Bonchev–Trinajstić information content (AvgIpc) is 2.58. The lowest BCUT2D eigenvalue weighted by molar-refractivity contribution is -0.463. The van der Waals surface area contributed by atoms with Crippen molar-refractivity contribution in [1.29, 1.82) is 0 Å². The lowest BCUT2D eigenvalue weighted by atomic mass is 10.3. The molecular formula is C10H6N2O3. The van der Waals surface area contributed by atoms with Crippen LogP contribution in [-0.2, 0) is 0 Å². The number of hydrogen-bond acceptors (Lipinski definition) is 3. The summed E-state index contributed by atoms with van der Waals surface area (Å²) < 4.78 is 6.64. The molecule has 15 heavy (non-hydrogen) atoms. The van der Waals surface area contributed by atoms with Gasteiger partial charge in [-0.25, -0.2) is 0 Å². The number of hydrogen-bond donors (Lipinski definition) is 0. The number of nitrogens with zero attached hydrogens (tertiary/aromatic N) is 2. The molecule has 3 rings (SSSR count). The van der Waals surface area contributed by atoms with Gasteiger partial charge in [-0.3, -0.25) is 0 Å². The minimum atomic E-state index is 0.267. The molecule has 0 N–H and O–H groups in total. The smallest absolute Gasteiger partial charge is 0.331 e. The molecular weight excluding hydrogens is 196 g/mol. The Bertz CT molecular complexity index is 711. The Labute approximate surface area is 83.3 Å². The Kier molecular flexibility index (Phi) is 1.39. The lowest BCUT2D eigenvalue weighted by Crippen LogP contribution is -2.13. The maximum Gasteiger partial charge on any atom is 0.331 e. The Balaban J connectivity index is 2.74. The van der Waals surface area contributed by atoms with Crippen molar-refractivity contribution < 1.29 is 8.84 Å². The fraction of sp³-hybridized carbons (Fsp3) is 0. The van der Waals surface area contributed by atoms with E-state index >= 15 is 0 Å². The first-order chi connectivity index (χ1) is 7.27. The van der Waals surface area contributed by atoms with Crippen LogP contribution in [0.1, 0.15) is 0 Å². The van der Waals surface area contributed by atoms with Gasteiger partial charge in [0.25, 0.3) is 0 Å². The van der Waals surface area contributed by atoms with Gasteiger partial charge in [-0.1, -0.05) is 0 Å². The van der Waals surface area contributed by atoms with Gasteiger partial charge in [0, 0.05) is 11.0 Å². The quantitative estimate of drug-likeness (QED) is 0.520. The van der Waals surface area contributed by atoms with E-state index in [1.807, 2.05) is 0 Å². The Morgan fingerprint density at radius 2 is 2.07 bits per heavy atom. The molecule has 3 heterocycles. The topological polar surface area (TPSA) is 64.1 Å². The standard InChI is InChI=1S/C10H6N2O3/c13-11-5-1-3-7-9(11)10-8(15-7)4-2-6-12(10)14/h1-6H. The van der Waals surface area contributed by atoms with Crippen LogP contribution in [0.2, 0.25) is 0 Å². The Morgan fingerprint density at radius 1 is 1.27 bits per heavy atom. The first-order valence-electron chi connectivity index (χ1n) is 4.40. The van der Waals surface area contributed by atoms with Gasteiger partial charge in [0.1, 0.15) is 0 Å². The summed E-state index contributed by atoms with van der Waals surface area (Å²) in [5, 5.41) is 11.5. The number of fused-ring (bicyclic) bond motifs is 3. The van der Waals surface area contributed by atoms with Gasteiger partial charge >= 0.3 is 5.52 Å². The van der Waals surface area contributed by atoms with Crippen LogP contribution in [0.4, 0.5) is 0 Å². The normalized spacial score (nSPS) is 11.2. The molecule has 5 nitrogen and oxygen atoms in total. The molecule has 0 amide bonds. The van der Waals surface area contributed by atoms with E-state index in [1.54, 1.807) is 24.3 Å². The van der Waals surface area contributed by atoms with Gasteiger partial charge in [-0.15, -0.1) is 0 Å². The summed E-state index contributed by atoms with van der Waals surface area (Å²) in [5.74, 6) is 0. The first-order valence-corrected chi connectivity index (χ1v) is 4.40. The van der Waals surface area contributed by atoms with Crippen molar-refractivity contribution in [2.75, 3.05) is 0 Å². The van der Waals surface area contributed by atoms with Gasteiger partial charge in [0.15, 0.2) is 11.1 Å². The zero-order chi connectivity index (χ0) is 10.4. The molecule has 74 valence electrons. The van der Waals surface area contributed by atoms with Gasteiger partial charge in [0.2, 0.25) is 11.8 Å². The maximum atomic E-state index is 11.5. The molecule has 0 unspecified atom stereocenters. The number of rotatable bonds is 0. The number of pyridine rings is 2. The summed E-state index contributed by atoms with van der Waals surface area (Å²) in [6.45, 7) is 0. The van der Waals surface area contributed by atoms with E-state index < -0.39 is 0 Å². The SMILES string of the molecule is O=[n+]1cccc2oc3cccn([O-])c3c21. The fourth-order valence-electron chi connectivity index (χ4n) is 1.67. The average molecular weight is 202 g/mol. The van der Waals surface area contributed by atoms with E-state index in [1.165, 1.54) is 12.4 Å². The van der Waals surface area contributed by atoms with Crippen LogP contribution < -0.4 is 4.43 Å². The summed E-state index contributed by atoms with van der Waals surface area (Å²) in [7, 11) is 0. The minimum Gasteiger partial charge on any atom is -0.805 e. The zero-order valence-corrected chi connectivity index (χ0v) is 7.58. The van der Waals surface area contributed by atoms with Gasteiger partial charge in [-0.05, 0) is 24.4 Å². The summed E-state index contributed by atoms with van der Waals surface area (Å²) in [4.78, 5) is 11.5. The van der Waals surface area contributed by atoms with Crippen molar-refractivity contribution in [1.82, 2.24) is 4.73 Å². The molecule has 0 aliphatic rings. The molecule has 0 atom stereocenters. The molecule has 0 bridgehead atoms. The summed E-state index contributed by atoms with van der Waals surface area (Å²) in [5.41, 5.74) is 1.36. The molecule has 0 spiro atoms. The van der Waals surface area contributed by atoms with E-state index in [2.05, 4.69) is 0 Å². The maximum absolute atomic E-state index is 11.5. The second-order valence-corrected chi connectivity index (χ2v) is 3.20. The van der Waals surface area contributed by atoms with Crippen LogP contribution in [0.15, 0.2) is 41.1 Å². The minimum absolute atomic E-state index is 0.267. The fourth-order valence-corrected chi connectivity index (χ4v) is 1.67. The third-order valence-electron chi connectivity index (χ3n) is 2.29. The van der Waals surface area contributed by atoms with Crippen molar-refractivity contribution in [2.45, 2.75) is 0 Å². The number of furan rings is 1. The first kappa shape index (κ1) is 8.05. The summed E-state index contributed by atoms with van der Waals surface area (Å²) in [6.07, 6.45) is 2.68. The number of aromatic nitrogens is 2. The van der Waals surface area contributed by atoms with Crippen molar-refractivity contribution in [3.63, 3.8) is 0 Å². The predicted octanol–water partition coefficient (Wildman–Crippen LogP) is 1.65. The van der Waals surface area contributed by atoms with Crippen molar-refractivity contribution in [3.05, 3.63) is 46.8 Å². The molecule has 0 fully saturated rings. The summed E-state index contributed by atoms with van der Waals surface area (Å²) in [6, 6.07) is 6.47. The van der Waals surface area contributed by atoms with E-state index in [-0.39, 0.29) is 11.0 Å². The second kappa shape index (κ2) is 2.60.